The second-order valence-electron chi connectivity index (χ2n) is 5.77. The molecule has 0 spiro atoms. The maximum absolute atomic E-state index is 12.7. The van der Waals surface area contributed by atoms with Crippen LogP contribution >= 0.6 is 11.3 Å². The normalized spacial score (nSPS) is 16.9. The van der Waals surface area contributed by atoms with Crippen LogP contribution in [0.3, 0.4) is 0 Å². The predicted octanol–water partition coefficient (Wildman–Crippen LogP) is 3.26. The molecular weight excluding hydrogens is 316 g/mol. The minimum atomic E-state index is -1.11. The van der Waals surface area contributed by atoms with Crippen molar-refractivity contribution in [2.75, 3.05) is 7.05 Å². The molecule has 2 aromatic heterocycles. The zero-order valence-corrected chi connectivity index (χ0v) is 13.6. The maximum Gasteiger partial charge on any atom is 0.329 e. The highest BCUT2D eigenvalue weighted by atomic mass is 32.1. The van der Waals surface area contributed by atoms with Gasteiger partial charge in [0.15, 0.2) is 10.8 Å². The number of hydrogen-bond acceptors (Lipinski definition) is 5. The summed E-state index contributed by atoms with van der Waals surface area (Å²) in [6.07, 6.45) is 6.68. The number of furan rings is 1. The molecule has 23 heavy (non-hydrogen) atoms. The number of hydrogen-bond donors (Lipinski definition) is 1. The fourth-order valence-corrected chi connectivity index (χ4v) is 3.94. The molecule has 1 aliphatic rings. The average Bonchev–Trinajstić information content (AvgIpc) is 3.24. The van der Waals surface area contributed by atoms with E-state index in [1.807, 2.05) is 0 Å². The lowest BCUT2D eigenvalue weighted by Gasteiger charge is -2.40. The van der Waals surface area contributed by atoms with Crippen LogP contribution in [0.5, 0.6) is 0 Å². The fourth-order valence-electron chi connectivity index (χ4n) is 3.08. The van der Waals surface area contributed by atoms with E-state index in [0.717, 1.165) is 19.3 Å². The Bertz CT molecular complexity index is 701. The van der Waals surface area contributed by atoms with E-state index in [0.29, 0.717) is 28.5 Å². The molecule has 0 radical (unpaired) electrons. The molecule has 1 amide bonds. The van der Waals surface area contributed by atoms with Gasteiger partial charge >= 0.3 is 5.97 Å². The van der Waals surface area contributed by atoms with Gasteiger partial charge in [0.2, 0.25) is 0 Å². The molecule has 1 fully saturated rings. The summed E-state index contributed by atoms with van der Waals surface area (Å²) in [5.41, 5.74) is -1.11. The Morgan fingerprint density at radius 2 is 2.09 bits per heavy atom. The molecule has 2 aromatic rings. The van der Waals surface area contributed by atoms with Crippen LogP contribution in [-0.2, 0) is 4.79 Å². The third kappa shape index (κ3) is 2.76. The highest BCUT2D eigenvalue weighted by Crippen LogP contribution is 2.35. The number of thiazole rings is 1. The third-order valence-electron chi connectivity index (χ3n) is 4.47. The number of aromatic nitrogens is 1. The largest absolute Gasteiger partial charge is 0.479 e. The number of carboxylic acids is 1. The van der Waals surface area contributed by atoms with Crippen molar-refractivity contribution in [3.63, 3.8) is 0 Å². The maximum atomic E-state index is 12.7. The topological polar surface area (TPSA) is 83.6 Å². The minimum absolute atomic E-state index is 0.301. The minimum Gasteiger partial charge on any atom is -0.479 e. The molecule has 1 saturated carbocycles. The zero-order chi connectivity index (χ0) is 16.4. The van der Waals surface area contributed by atoms with E-state index in [9.17, 15) is 14.7 Å². The van der Waals surface area contributed by atoms with Gasteiger partial charge in [-0.3, -0.25) is 4.79 Å². The first-order chi connectivity index (χ1) is 11.0. The summed E-state index contributed by atoms with van der Waals surface area (Å²) >= 11 is 1.21. The van der Waals surface area contributed by atoms with Gasteiger partial charge in [-0.25, -0.2) is 9.78 Å². The third-order valence-corrected chi connectivity index (χ3v) is 5.47. The van der Waals surface area contributed by atoms with Crippen LogP contribution in [0.4, 0.5) is 0 Å². The summed E-state index contributed by atoms with van der Waals surface area (Å²) in [4.78, 5) is 30.6. The number of carboxylic acid groups (broad SMARTS) is 1. The SMILES string of the molecule is CN(C(=O)c1cnc(-c2ccco2)s1)C1(C(=O)O)CCCCC1. The van der Waals surface area contributed by atoms with Gasteiger partial charge in [0.25, 0.3) is 5.91 Å². The summed E-state index contributed by atoms with van der Waals surface area (Å²) < 4.78 is 5.28. The van der Waals surface area contributed by atoms with Gasteiger partial charge in [0.05, 0.1) is 12.5 Å². The second-order valence-corrected chi connectivity index (χ2v) is 6.80. The van der Waals surface area contributed by atoms with Crippen LogP contribution in [-0.4, -0.2) is 39.5 Å². The van der Waals surface area contributed by atoms with Crippen LogP contribution in [0, 0.1) is 0 Å². The molecule has 3 rings (SSSR count). The van der Waals surface area contributed by atoms with Gasteiger partial charge in [0.1, 0.15) is 10.4 Å². The van der Waals surface area contributed by atoms with Crippen LogP contribution in [0.25, 0.3) is 10.8 Å². The molecule has 6 nitrogen and oxygen atoms in total. The fraction of sp³-hybridized carbons (Fsp3) is 0.438. The lowest BCUT2D eigenvalue weighted by molar-refractivity contribution is -0.151. The highest BCUT2D eigenvalue weighted by molar-refractivity contribution is 7.16. The van der Waals surface area contributed by atoms with E-state index >= 15 is 0 Å². The number of nitrogens with zero attached hydrogens (tertiary/aromatic N) is 2. The summed E-state index contributed by atoms with van der Waals surface area (Å²) in [6.45, 7) is 0. The number of likely N-dealkylation sites (N-methyl/N-ethyl adjacent to an activating group) is 1. The summed E-state index contributed by atoms with van der Waals surface area (Å²) in [7, 11) is 1.58. The second kappa shape index (κ2) is 6.16. The molecule has 0 bridgehead atoms. The zero-order valence-electron chi connectivity index (χ0n) is 12.8. The van der Waals surface area contributed by atoms with E-state index in [1.165, 1.54) is 22.4 Å². The van der Waals surface area contributed by atoms with E-state index < -0.39 is 11.5 Å². The molecule has 1 aliphatic carbocycles. The van der Waals surface area contributed by atoms with Gasteiger partial charge in [-0.2, -0.15) is 0 Å². The Morgan fingerprint density at radius 3 is 2.70 bits per heavy atom. The van der Waals surface area contributed by atoms with Crippen molar-refractivity contribution < 1.29 is 19.1 Å². The van der Waals surface area contributed by atoms with Crippen LogP contribution in [0.1, 0.15) is 41.8 Å². The van der Waals surface area contributed by atoms with E-state index in [4.69, 9.17) is 4.42 Å². The molecule has 7 heteroatoms. The van der Waals surface area contributed by atoms with Crippen molar-refractivity contribution in [3.8, 4) is 10.8 Å². The summed E-state index contributed by atoms with van der Waals surface area (Å²) in [6, 6.07) is 3.53. The molecule has 0 saturated heterocycles. The first-order valence-electron chi connectivity index (χ1n) is 7.56. The van der Waals surface area contributed by atoms with Crippen molar-refractivity contribution in [2.24, 2.45) is 0 Å². The van der Waals surface area contributed by atoms with Crippen molar-refractivity contribution in [1.82, 2.24) is 9.88 Å². The van der Waals surface area contributed by atoms with E-state index in [1.54, 1.807) is 25.4 Å². The Balaban J connectivity index is 1.85. The van der Waals surface area contributed by atoms with E-state index in [-0.39, 0.29) is 5.91 Å². The van der Waals surface area contributed by atoms with Crippen molar-refractivity contribution >= 4 is 23.2 Å². The average molecular weight is 334 g/mol. The monoisotopic (exact) mass is 334 g/mol. The Labute approximate surface area is 137 Å². The molecule has 122 valence electrons. The van der Waals surface area contributed by atoms with Gasteiger partial charge in [-0.15, -0.1) is 11.3 Å². The van der Waals surface area contributed by atoms with Crippen LogP contribution in [0.2, 0.25) is 0 Å². The molecule has 2 heterocycles. The summed E-state index contributed by atoms with van der Waals surface area (Å²) in [5, 5.41) is 10.3. The van der Waals surface area contributed by atoms with E-state index in [2.05, 4.69) is 4.98 Å². The number of carbonyl (C=O) groups is 2. The van der Waals surface area contributed by atoms with Crippen LogP contribution < -0.4 is 0 Å². The smallest absolute Gasteiger partial charge is 0.329 e. The number of amides is 1. The Hall–Kier alpha value is -2.15. The molecule has 0 atom stereocenters. The van der Waals surface area contributed by atoms with Crippen molar-refractivity contribution in [1.29, 1.82) is 0 Å². The lowest BCUT2D eigenvalue weighted by atomic mass is 9.80. The van der Waals surface area contributed by atoms with Gasteiger partial charge in [-0.05, 0) is 25.0 Å². The Morgan fingerprint density at radius 1 is 1.35 bits per heavy atom. The molecule has 1 N–H and O–H groups in total. The van der Waals surface area contributed by atoms with Crippen molar-refractivity contribution in [3.05, 3.63) is 29.5 Å². The van der Waals surface area contributed by atoms with Crippen molar-refractivity contribution in [2.45, 2.75) is 37.6 Å². The molecule has 0 aliphatic heterocycles. The lowest BCUT2D eigenvalue weighted by Crippen LogP contribution is -2.56. The number of rotatable bonds is 4. The van der Waals surface area contributed by atoms with Gasteiger partial charge < -0.3 is 14.4 Å². The first kappa shape index (κ1) is 15.7. The van der Waals surface area contributed by atoms with Crippen LogP contribution in [0.15, 0.2) is 29.0 Å². The standard InChI is InChI=1S/C16H18N2O4S/c1-18(16(15(20)21)7-3-2-4-8-16)14(19)12-10-17-13(23-12)11-6-5-9-22-11/h5-6,9-10H,2-4,7-8H2,1H3,(H,20,21). The molecule has 0 unspecified atom stereocenters. The highest BCUT2D eigenvalue weighted by Gasteiger charge is 2.45. The number of carbonyl (C=O) groups excluding carboxylic acids is 1. The first-order valence-corrected chi connectivity index (χ1v) is 8.37. The van der Waals surface area contributed by atoms with Gasteiger partial charge in [0, 0.05) is 7.05 Å². The Kier molecular flexibility index (Phi) is 4.21. The quantitative estimate of drug-likeness (QED) is 0.928. The molecular formula is C16H18N2O4S. The summed E-state index contributed by atoms with van der Waals surface area (Å²) in [5.74, 6) is -0.629. The molecule has 0 aromatic carbocycles. The number of aliphatic carboxylic acids is 1. The predicted molar refractivity (Wildman–Crippen MR) is 85.4 cm³/mol. The van der Waals surface area contributed by atoms with Gasteiger partial charge in [-0.1, -0.05) is 19.3 Å².